The molecular weight excluding hydrogens is 252 g/mol. The van der Waals surface area contributed by atoms with Gasteiger partial charge in [0.05, 0.1) is 17.2 Å². The molecule has 0 saturated heterocycles. The molecule has 0 aliphatic heterocycles. The predicted molar refractivity (Wildman–Crippen MR) is 59.9 cm³/mol. The van der Waals surface area contributed by atoms with Gasteiger partial charge in [-0.2, -0.15) is 0 Å². The van der Waals surface area contributed by atoms with E-state index in [4.69, 9.17) is 5.11 Å². The molecule has 7 heteroatoms. The summed E-state index contributed by atoms with van der Waals surface area (Å²) in [6.45, 7) is 0. The highest BCUT2D eigenvalue weighted by Crippen LogP contribution is 2.15. The van der Waals surface area contributed by atoms with Crippen molar-refractivity contribution in [2.75, 3.05) is 16.8 Å². The largest absolute Gasteiger partial charge is 0.481 e. The molecule has 0 aliphatic rings. The Bertz CT molecular complexity index is 440. The molecule has 4 nitrogen and oxygen atoms in total. The Morgan fingerprint density at radius 2 is 2.00 bits per heavy atom. The number of nitrogens with one attached hydrogen (secondary N) is 1. The first-order chi connectivity index (χ1) is 7.99. The number of halogens is 2. The lowest BCUT2D eigenvalue weighted by Crippen LogP contribution is -2.16. The topological polar surface area (TPSA) is 66.4 Å². The molecule has 0 bridgehead atoms. The summed E-state index contributed by atoms with van der Waals surface area (Å²) in [5.41, 5.74) is -0.258. The van der Waals surface area contributed by atoms with Gasteiger partial charge >= 0.3 is 5.97 Å². The van der Waals surface area contributed by atoms with E-state index in [9.17, 15) is 18.4 Å². The first kappa shape index (κ1) is 13.4. The lowest BCUT2D eigenvalue weighted by molar-refractivity contribution is -0.133. The number of hydrogen-bond acceptors (Lipinski definition) is 3. The molecule has 0 atom stereocenters. The zero-order valence-electron chi connectivity index (χ0n) is 8.57. The first-order valence-electron chi connectivity index (χ1n) is 4.53. The monoisotopic (exact) mass is 261 g/mol. The van der Waals surface area contributed by atoms with E-state index in [0.29, 0.717) is 0 Å². The molecule has 1 rings (SSSR count). The summed E-state index contributed by atoms with van der Waals surface area (Å²) in [7, 11) is 0. The van der Waals surface area contributed by atoms with E-state index in [1.807, 2.05) is 0 Å². The number of carboxylic acids is 1. The summed E-state index contributed by atoms with van der Waals surface area (Å²) in [6.07, 6.45) is 0. The van der Waals surface area contributed by atoms with Gasteiger partial charge in [0, 0.05) is 6.07 Å². The van der Waals surface area contributed by atoms with Gasteiger partial charge in [-0.25, -0.2) is 8.78 Å². The standard InChI is InChI=1S/C10H9F2NO3S/c11-6-1-2-7(12)8(3-6)13-9(14)4-17-5-10(15)16/h1-3H,4-5H2,(H,13,14)(H,15,16). The van der Waals surface area contributed by atoms with E-state index >= 15 is 0 Å². The number of thioether (sulfide) groups is 1. The summed E-state index contributed by atoms with van der Waals surface area (Å²) in [6, 6.07) is 2.69. The molecule has 0 heterocycles. The highest BCUT2D eigenvalue weighted by Gasteiger charge is 2.09. The molecule has 0 aliphatic carbocycles. The van der Waals surface area contributed by atoms with Gasteiger partial charge in [0.2, 0.25) is 5.91 Å². The number of benzene rings is 1. The average molecular weight is 261 g/mol. The van der Waals surface area contributed by atoms with Gasteiger partial charge in [-0.1, -0.05) is 0 Å². The smallest absolute Gasteiger partial charge is 0.313 e. The number of carbonyl (C=O) groups is 2. The Hall–Kier alpha value is -1.63. The highest BCUT2D eigenvalue weighted by atomic mass is 32.2. The number of aliphatic carboxylic acids is 1. The van der Waals surface area contributed by atoms with Gasteiger partial charge in [0.15, 0.2) is 0 Å². The fraction of sp³-hybridized carbons (Fsp3) is 0.200. The van der Waals surface area contributed by atoms with Crippen LogP contribution in [0.1, 0.15) is 0 Å². The van der Waals surface area contributed by atoms with Crippen molar-refractivity contribution < 1.29 is 23.5 Å². The molecule has 0 radical (unpaired) electrons. The first-order valence-corrected chi connectivity index (χ1v) is 5.69. The third kappa shape index (κ3) is 4.81. The van der Waals surface area contributed by atoms with Crippen LogP contribution in [0.2, 0.25) is 0 Å². The summed E-state index contributed by atoms with van der Waals surface area (Å²) in [5.74, 6) is -3.40. The maximum Gasteiger partial charge on any atom is 0.313 e. The Kier molecular flexibility index (Phi) is 4.89. The van der Waals surface area contributed by atoms with Crippen molar-refractivity contribution in [3.05, 3.63) is 29.8 Å². The van der Waals surface area contributed by atoms with E-state index in [-0.39, 0.29) is 17.2 Å². The Labute approximate surface area is 100 Å². The van der Waals surface area contributed by atoms with Gasteiger partial charge in [0.1, 0.15) is 11.6 Å². The molecule has 0 spiro atoms. The van der Waals surface area contributed by atoms with Gasteiger partial charge in [-0.3, -0.25) is 9.59 Å². The second-order valence-corrected chi connectivity index (χ2v) is 4.04. The van der Waals surface area contributed by atoms with Gasteiger partial charge in [-0.15, -0.1) is 11.8 Å². The van der Waals surface area contributed by atoms with Crippen LogP contribution in [0.4, 0.5) is 14.5 Å². The number of hydrogen-bond donors (Lipinski definition) is 2. The number of amides is 1. The van der Waals surface area contributed by atoms with Crippen LogP contribution in [0.25, 0.3) is 0 Å². The summed E-state index contributed by atoms with van der Waals surface area (Å²) < 4.78 is 25.9. The SMILES string of the molecule is O=C(O)CSCC(=O)Nc1cc(F)ccc1F. The Morgan fingerprint density at radius 3 is 2.65 bits per heavy atom. The number of anilines is 1. The average Bonchev–Trinajstić information content (AvgIpc) is 2.23. The fourth-order valence-corrected chi connectivity index (χ4v) is 1.54. The maximum atomic E-state index is 13.1. The zero-order valence-corrected chi connectivity index (χ0v) is 9.39. The molecule has 1 aromatic carbocycles. The second kappa shape index (κ2) is 6.19. The summed E-state index contributed by atoms with van der Waals surface area (Å²) in [4.78, 5) is 21.4. The zero-order chi connectivity index (χ0) is 12.8. The normalized spacial score (nSPS) is 10.0. The van der Waals surface area contributed by atoms with Crippen LogP contribution < -0.4 is 5.32 Å². The number of rotatable bonds is 5. The van der Waals surface area contributed by atoms with Gasteiger partial charge < -0.3 is 10.4 Å². The minimum atomic E-state index is -1.04. The second-order valence-electron chi connectivity index (χ2n) is 3.06. The van der Waals surface area contributed by atoms with E-state index in [1.54, 1.807) is 0 Å². The van der Waals surface area contributed by atoms with Crippen LogP contribution >= 0.6 is 11.8 Å². The minimum Gasteiger partial charge on any atom is -0.481 e. The van der Waals surface area contributed by atoms with Crippen molar-refractivity contribution in [2.24, 2.45) is 0 Å². The van der Waals surface area contributed by atoms with E-state index in [0.717, 1.165) is 30.0 Å². The lowest BCUT2D eigenvalue weighted by atomic mass is 10.3. The van der Waals surface area contributed by atoms with Crippen LogP contribution in [-0.2, 0) is 9.59 Å². The number of carbonyl (C=O) groups excluding carboxylic acids is 1. The highest BCUT2D eigenvalue weighted by molar-refractivity contribution is 8.00. The van der Waals surface area contributed by atoms with E-state index < -0.39 is 23.5 Å². The third-order valence-electron chi connectivity index (χ3n) is 1.66. The van der Waals surface area contributed by atoms with Gasteiger partial charge in [-0.05, 0) is 12.1 Å². The molecule has 0 saturated carbocycles. The predicted octanol–water partition coefficient (Wildman–Crippen LogP) is 1.72. The van der Waals surface area contributed by atoms with Crippen molar-refractivity contribution in [2.45, 2.75) is 0 Å². The van der Waals surface area contributed by atoms with Crippen LogP contribution in [-0.4, -0.2) is 28.5 Å². The molecule has 1 amide bonds. The van der Waals surface area contributed by atoms with Crippen molar-refractivity contribution in [1.29, 1.82) is 0 Å². The Balaban J connectivity index is 2.50. The molecule has 0 unspecified atom stereocenters. The van der Waals surface area contributed by atoms with Crippen LogP contribution in [0.5, 0.6) is 0 Å². The van der Waals surface area contributed by atoms with Gasteiger partial charge in [0.25, 0.3) is 0 Å². The summed E-state index contributed by atoms with van der Waals surface area (Å²) in [5, 5.41) is 10.5. The molecule has 0 fully saturated rings. The Morgan fingerprint density at radius 1 is 1.29 bits per heavy atom. The van der Waals surface area contributed by atoms with Crippen molar-refractivity contribution in [3.8, 4) is 0 Å². The fourth-order valence-electron chi connectivity index (χ4n) is 1.01. The van der Waals surface area contributed by atoms with E-state index in [1.165, 1.54) is 0 Å². The summed E-state index contributed by atoms with van der Waals surface area (Å²) >= 11 is 0.871. The van der Waals surface area contributed by atoms with Crippen LogP contribution in [0.3, 0.4) is 0 Å². The van der Waals surface area contributed by atoms with E-state index in [2.05, 4.69) is 5.32 Å². The maximum absolute atomic E-state index is 13.1. The van der Waals surface area contributed by atoms with Crippen molar-refractivity contribution in [1.82, 2.24) is 0 Å². The van der Waals surface area contributed by atoms with Crippen LogP contribution in [0.15, 0.2) is 18.2 Å². The van der Waals surface area contributed by atoms with Crippen molar-refractivity contribution in [3.63, 3.8) is 0 Å². The molecule has 1 aromatic rings. The lowest BCUT2D eigenvalue weighted by Gasteiger charge is -2.05. The molecule has 0 aromatic heterocycles. The molecule has 92 valence electrons. The molecular formula is C10H9F2NO3S. The minimum absolute atomic E-state index is 0.137. The number of carboxylic acid groups (broad SMARTS) is 1. The molecule has 17 heavy (non-hydrogen) atoms. The quantitative estimate of drug-likeness (QED) is 0.847. The van der Waals surface area contributed by atoms with Crippen LogP contribution in [0, 0.1) is 11.6 Å². The third-order valence-corrected chi connectivity index (χ3v) is 2.58. The molecule has 2 N–H and O–H groups in total. The van der Waals surface area contributed by atoms with Crippen molar-refractivity contribution >= 4 is 29.3 Å².